The monoisotopic (exact) mass is 276 g/mol. The molecule has 104 valence electrons. The molecule has 3 rings (SSSR count). The largest absolute Gasteiger partial charge is 0.311 e. The second-order valence-electron chi connectivity index (χ2n) is 5.36. The summed E-state index contributed by atoms with van der Waals surface area (Å²) < 4.78 is 0. The van der Waals surface area contributed by atoms with Crippen molar-refractivity contribution in [2.75, 3.05) is 11.9 Å². The van der Waals surface area contributed by atoms with Crippen molar-refractivity contribution >= 4 is 11.6 Å². The molecule has 3 heteroatoms. The fourth-order valence-electron chi connectivity index (χ4n) is 2.78. The van der Waals surface area contributed by atoms with E-state index < -0.39 is 0 Å². The molecular weight excluding hydrogens is 260 g/mol. The molecule has 0 aromatic heterocycles. The summed E-state index contributed by atoms with van der Waals surface area (Å²) in [5, 5.41) is 8.81. The number of hydrogen-bond acceptors (Lipinski definition) is 2. The molecule has 1 amide bonds. The molecule has 2 aromatic carbocycles. The summed E-state index contributed by atoms with van der Waals surface area (Å²) in [4.78, 5) is 14.2. The van der Waals surface area contributed by atoms with Crippen LogP contribution in [-0.4, -0.2) is 13.0 Å². The Balaban J connectivity index is 1.85. The van der Waals surface area contributed by atoms with E-state index in [2.05, 4.69) is 12.1 Å². The van der Waals surface area contributed by atoms with Gasteiger partial charge in [-0.2, -0.15) is 5.26 Å². The van der Waals surface area contributed by atoms with E-state index in [1.54, 1.807) is 36.2 Å². The van der Waals surface area contributed by atoms with Crippen molar-refractivity contribution < 1.29 is 4.79 Å². The predicted molar refractivity (Wildman–Crippen MR) is 82.4 cm³/mol. The van der Waals surface area contributed by atoms with Gasteiger partial charge in [-0.1, -0.05) is 6.07 Å². The molecule has 1 aliphatic rings. The first-order valence-corrected chi connectivity index (χ1v) is 7.09. The van der Waals surface area contributed by atoms with E-state index in [-0.39, 0.29) is 5.91 Å². The van der Waals surface area contributed by atoms with E-state index in [4.69, 9.17) is 5.26 Å². The van der Waals surface area contributed by atoms with Gasteiger partial charge in [-0.25, -0.2) is 0 Å². The molecular formula is C18H16N2O. The molecule has 0 heterocycles. The lowest BCUT2D eigenvalue weighted by Gasteiger charge is -2.18. The molecule has 0 aliphatic heterocycles. The number of rotatable bonds is 2. The predicted octanol–water partition coefficient (Wildman–Crippen LogP) is 3.32. The summed E-state index contributed by atoms with van der Waals surface area (Å²) in [5.41, 5.74) is 4.78. The Morgan fingerprint density at radius 2 is 1.81 bits per heavy atom. The van der Waals surface area contributed by atoms with Crippen LogP contribution in [-0.2, 0) is 12.8 Å². The van der Waals surface area contributed by atoms with Gasteiger partial charge < -0.3 is 4.90 Å². The Morgan fingerprint density at radius 1 is 1.10 bits per heavy atom. The lowest BCUT2D eigenvalue weighted by atomic mass is 10.1. The average Bonchev–Trinajstić information content (AvgIpc) is 3.01. The average molecular weight is 276 g/mol. The van der Waals surface area contributed by atoms with E-state index in [0.29, 0.717) is 5.56 Å². The van der Waals surface area contributed by atoms with Crippen molar-refractivity contribution in [3.8, 4) is 6.07 Å². The number of carbonyl (C=O) groups is 1. The highest BCUT2D eigenvalue weighted by atomic mass is 16.2. The Labute approximate surface area is 124 Å². The van der Waals surface area contributed by atoms with Crippen LogP contribution < -0.4 is 4.90 Å². The van der Waals surface area contributed by atoms with Gasteiger partial charge in [0.15, 0.2) is 0 Å². The first kappa shape index (κ1) is 13.4. The zero-order valence-electron chi connectivity index (χ0n) is 12.0. The second kappa shape index (κ2) is 5.41. The molecule has 0 fully saturated rings. The topological polar surface area (TPSA) is 44.1 Å². The van der Waals surface area contributed by atoms with Crippen LogP contribution in [0.15, 0.2) is 42.5 Å². The number of nitrogens with zero attached hydrogens (tertiary/aromatic N) is 2. The van der Waals surface area contributed by atoms with Gasteiger partial charge in [0.1, 0.15) is 0 Å². The summed E-state index contributed by atoms with van der Waals surface area (Å²) in [6.45, 7) is 0. The number of carbonyl (C=O) groups excluding carboxylic acids is 1. The van der Waals surface area contributed by atoms with Crippen LogP contribution in [0.3, 0.4) is 0 Å². The van der Waals surface area contributed by atoms with Gasteiger partial charge in [-0.05, 0) is 66.8 Å². The van der Waals surface area contributed by atoms with Crippen molar-refractivity contribution in [2.45, 2.75) is 19.3 Å². The first-order chi connectivity index (χ1) is 10.2. The zero-order chi connectivity index (χ0) is 14.8. The third-order valence-electron chi connectivity index (χ3n) is 4.03. The number of hydrogen-bond donors (Lipinski definition) is 0. The number of anilines is 1. The van der Waals surface area contributed by atoms with Crippen molar-refractivity contribution in [2.24, 2.45) is 0 Å². The fourth-order valence-corrected chi connectivity index (χ4v) is 2.78. The summed E-state index contributed by atoms with van der Waals surface area (Å²) in [6, 6.07) is 15.1. The molecule has 0 atom stereocenters. The van der Waals surface area contributed by atoms with E-state index >= 15 is 0 Å². The van der Waals surface area contributed by atoms with Crippen molar-refractivity contribution in [1.29, 1.82) is 5.26 Å². The highest BCUT2D eigenvalue weighted by Crippen LogP contribution is 2.24. The zero-order valence-corrected chi connectivity index (χ0v) is 12.0. The van der Waals surface area contributed by atoms with E-state index in [1.165, 1.54) is 17.5 Å². The third kappa shape index (κ3) is 2.53. The molecule has 0 saturated carbocycles. The number of benzene rings is 2. The van der Waals surface area contributed by atoms with E-state index in [0.717, 1.165) is 24.1 Å². The van der Waals surface area contributed by atoms with Crippen LogP contribution in [0.4, 0.5) is 5.69 Å². The van der Waals surface area contributed by atoms with Gasteiger partial charge in [0, 0.05) is 18.3 Å². The molecule has 0 unspecified atom stereocenters. The number of amides is 1. The molecule has 0 saturated heterocycles. The molecule has 1 aliphatic carbocycles. The maximum atomic E-state index is 12.6. The van der Waals surface area contributed by atoms with Crippen LogP contribution in [0, 0.1) is 11.3 Å². The van der Waals surface area contributed by atoms with Crippen molar-refractivity contribution in [3.05, 3.63) is 64.7 Å². The van der Waals surface area contributed by atoms with Gasteiger partial charge in [-0.3, -0.25) is 4.79 Å². The molecule has 3 nitrogen and oxygen atoms in total. The standard InChI is InChI=1S/C18H16N2O/c1-20(17-9-5-13(12-19)6-10-17)18(21)16-8-7-14-3-2-4-15(14)11-16/h5-11H,2-4H2,1H3. The van der Waals surface area contributed by atoms with Crippen LogP contribution in [0.1, 0.15) is 33.5 Å². The Hall–Kier alpha value is -2.60. The van der Waals surface area contributed by atoms with Gasteiger partial charge in [-0.15, -0.1) is 0 Å². The van der Waals surface area contributed by atoms with Crippen molar-refractivity contribution in [1.82, 2.24) is 0 Å². The lowest BCUT2D eigenvalue weighted by molar-refractivity contribution is 0.0993. The Kier molecular flexibility index (Phi) is 3.45. The fraction of sp³-hybridized carbons (Fsp3) is 0.222. The number of nitriles is 1. The quantitative estimate of drug-likeness (QED) is 0.844. The summed E-state index contributed by atoms with van der Waals surface area (Å²) in [5.74, 6) is -0.0191. The normalized spacial score (nSPS) is 12.6. The first-order valence-electron chi connectivity index (χ1n) is 7.09. The third-order valence-corrected chi connectivity index (χ3v) is 4.03. The molecule has 2 aromatic rings. The highest BCUT2D eigenvalue weighted by molar-refractivity contribution is 6.05. The smallest absolute Gasteiger partial charge is 0.258 e. The van der Waals surface area contributed by atoms with Gasteiger partial charge in [0.25, 0.3) is 5.91 Å². The summed E-state index contributed by atoms with van der Waals surface area (Å²) in [7, 11) is 1.76. The second-order valence-corrected chi connectivity index (χ2v) is 5.36. The molecule has 21 heavy (non-hydrogen) atoms. The lowest BCUT2D eigenvalue weighted by Crippen LogP contribution is -2.26. The molecule has 0 N–H and O–H groups in total. The number of fused-ring (bicyclic) bond motifs is 1. The van der Waals surface area contributed by atoms with E-state index in [1.807, 2.05) is 12.1 Å². The molecule has 0 bridgehead atoms. The minimum Gasteiger partial charge on any atom is -0.311 e. The molecule has 0 spiro atoms. The van der Waals surface area contributed by atoms with Gasteiger partial charge in [0.05, 0.1) is 11.6 Å². The van der Waals surface area contributed by atoms with Crippen LogP contribution in [0.25, 0.3) is 0 Å². The number of aryl methyl sites for hydroxylation is 2. The minimum atomic E-state index is -0.0191. The maximum Gasteiger partial charge on any atom is 0.258 e. The molecule has 0 radical (unpaired) electrons. The minimum absolute atomic E-state index is 0.0191. The maximum absolute atomic E-state index is 12.6. The summed E-state index contributed by atoms with van der Waals surface area (Å²) >= 11 is 0. The Morgan fingerprint density at radius 3 is 2.52 bits per heavy atom. The van der Waals surface area contributed by atoms with Gasteiger partial charge >= 0.3 is 0 Å². The van der Waals surface area contributed by atoms with Gasteiger partial charge in [0.2, 0.25) is 0 Å². The summed E-state index contributed by atoms with van der Waals surface area (Å²) in [6.07, 6.45) is 3.37. The van der Waals surface area contributed by atoms with Crippen LogP contribution in [0.5, 0.6) is 0 Å². The van der Waals surface area contributed by atoms with Crippen LogP contribution >= 0.6 is 0 Å². The van der Waals surface area contributed by atoms with Crippen molar-refractivity contribution in [3.63, 3.8) is 0 Å². The SMILES string of the molecule is CN(C(=O)c1ccc2c(c1)CCC2)c1ccc(C#N)cc1. The van der Waals surface area contributed by atoms with E-state index in [9.17, 15) is 4.79 Å². The Bertz CT molecular complexity index is 726. The highest BCUT2D eigenvalue weighted by Gasteiger charge is 2.17. The van der Waals surface area contributed by atoms with Crippen LogP contribution in [0.2, 0.25) is 0 Å².